The van der Waals surface area contributed by atoms with Crippen molar-refractivity contribution in [3.8, 4) is 6.01 Å². The number of benzene rings is 1. The summed E-state index contributed by atoms with van der Waals surface area (Å²) in [5.41, 5.74) is 37.8. The Bertz CT molecular complexity index is 3040. The molecule has 0 fully saturated rings. The molecule has 0 aliphatic carbocycles. The number of fused-ring (bicyclic) bond motifs is 1. The van der Waals surface area contributed by atoms with Crippen molar-refractivity contribution in [1.82, 2.24) is 46.1 Å². The third-order valence-electron chi connectivity index (χ3n) is 19.7. The number of imidazole rings is 1. The summed E-state index contributed by atoms with van der Waals surface area (Å²) < 4.78 is 13.1. The highest BCUT2D eigenvalue weighted by Crippen LogP contribution is 2.27. The van der Waals surface area contributed by atoms with E-state index in [0.717, 1.165) is 56.9 Å². The fraction of sp³-hybridized carbons (Fsp3) is 0.765. The van der Waals surface area contributed by atoms with Gasteiger partial charge in [-0.1, -0.05) is 193 Å². The van der Waals surface area contributed by atoms with E-state index in [-0.39, 0.29) is 99.6 Å². The third-order valence-corrected chi connectivity index (χ3v) is 20.9. The zero-order chi connectivity index (χ0) is 81.1. The van der Waals surface area contributed by atoms with Crippen LogP contribution in [0.2, 0.25) is 0 Å². The number of aliphatic hydroxyl groups is 1. The first-order chi connectivity index (χ1) is 53.9. The van der Waals surface area contributed by atoms with Gasteiger partial charge in [0.2, 0.25) is 41.4 Å². The second-order valence-electron chi connectivity index (χ2n) is 29.6. The van der Waals surface area contributed by atoms with Gasteiger partial charge in [-0.3, -0.25) is 42.9 Å². The van der Waals surface area contributed by atoms with Gasteiger partial charge >= 0.3 is 11.9 Å². The van der Waals surface area contributed by atoms with Crippen molar-refractivity contribution in [3.63, 3.8) is 0 Å². The first-order valence-electron chi connectivity index (χ1n) is 42.3. The van der Waals surface area contributed by atoms with Crippen molar-refractivity contribution in [3.05, 3.63) is 29.8 Å². The van der Waals surface area contributed by atoms with Crippen LogP contribution in [0.4, 0.5) is 17.5 Å². The molecule has 632 valence electrons. The highest BCUT2D eigenvalue weighted by atomic mass is 32.2. The average Bonchev–Trinajstić information content (AvgIpc) is 1.64. The first kappa shape index (κ1) is 98.2. The molecule has 7 atom stereocenters. The van der Waals surface area contributed by atoms with Crippen LogP contribution in [0.1, 0.15) is 296 Å². The van der Waals surface area contributed by atoms with E-state index in [1.165, 1.54) is 132 Å². The maximum absolute atomic E-state index is 14.5. The molecule has 2 aromatic heterocycles. The fourth-order valence-electron chi connectivity index (χ4n) is 12.9. The topological polar surface area (TPSA) is 479 Å². The molecule has 0 unspecified atom stereocenters. The lowest BCUT2D eigenvalue weighted by molar-refractivity contribution is -0.157. The van der Waals surface area contributed by atoms with Gasteiger partial charge in [0.15, 0.2) is 17.0 Å². The van der Waals surface area contributed by atoms with E-state index in [1.807, 2.05) is 0 Å². The quantitative estimate of drug-likeness (QED) is 0.0184. The lowest BCUT2D eigenvalue weighted by atomic mass is 10.0. The number of aromatic hydroxyl groups is 1. The number of anilines is 3. The van der Waals surface area contributed by atoms with Crippen LogP contribution >= 0.6 is 11.8 Å². The van der Waals surface area contributed by atoms with E-state index in [2.05, 4.69) is 72.9 Å². The van der Waals surface area contributed by atoms with Gasteiger partial charge in [-0.05, 0) is 140 Å². The number of ether oxygens (including phenoxy) is 2. The molecular formula is C81H145N17O12S. The van der Waals surface area contributed by atoms with Crippen LogP contribution in [0.5, 0.6) is 6.01 Å². The highest BCUT2D eigenvalue weighted by Gasteiger charge is 2.34. The van der Waals surface area contributed by atoms with Crippen LogP contribution < -0.4 is 71.6 Å². The molecule has 0 saturated carbocycles. The number of nitrogens with two attached hydrogens (primary N) is 6. The molecule has 3 rings (SSSR count). The second-order valence-corrected chi connectivity index (χ2v) is 30.7. The molecule has 2 heterocycles. The van der Waals surface area contributed by atoms with Crippen LogP contribution in [-0.2, 0) is 54.4 Å². The Labute approximate surface area is 666 Å². The number of hydrogen-bond donors (Lipinski definition) is 15. The number of esters is 2. The number of nitrogens with one attached hydrogen (secondary N) is 7. The number of nitrogen functional groups attached to an aromatic ring is 1. The number of carbonyl (C=O) groups excluding carboxylic acids is 8. The van der Waals surface area contributed by atoms with E-state index >= 15 is 0 Å². The minimum Gasteiger partial charge on any atom is -0.480 e. The zero-order valence-corrected chi connectivity index (χ0v) is 68.6. The fourth-order valence-corrected chi connectivity index (χ4v) is 13.9. The predicted octanol–water partition coefficient (Wildman–Crippen LogP) is 9.72. The van der Waals surface area contributed by atoms with E-state index in [9.17, 15) is 48.6 Å². The minimum absolute atomic E-state index is 0.00646. The molecule has 0 spiro atoms. The number of hydrogen-bond acceptors (Lipinski definition) is 23. The van der Waals surface area contributed by atoms with Crippen molar-refractivity contribution >= 4 is 87.8 Å². The zero-order valence-electron chi connectivity index (χ0n) is 67.8. The lowest BCUT2D eigenvalue weighted by Gasteiger charge is -2.27. The molecule has 0 saturated heterocycles. The number of aliphatic hydroxyl groups excluding tert-OH is 1. The Morgan fingerprint density at radius 3 is 1.29 bits per heavy atom. The first-order valence-corrected chi connectivity index (χ1v) is 43.5. The van der Waals surface area contributed by atoms with Crippen LogP contribution in [0, 0.1) is 0 Å². The molecule has 30 heteroatoms. The van der Waals surface area contributed by atoms with Gasteiger partial charge in [-0.15, -0.1) is 0 Å². The molecular weight excluding hydrogens is 1440 g/mol. The Hall–Kier alpha value is -6.96. The molecule has 0 aliphatic rings. The maximum atomic E-state index is 14.5. The summed E-state index contributed by atoms with van der Waals surface area (Å²) in [6.07, 6.45) is 36.1. The number of nitrogens with zero attached hydrogens (tertiary/aromatic N) is 4. The Morgan fingerprint density at radius 1 is 0.468 bits per heavy atom. The smallest absolute Gasteiger partial charge is 0.306 e. The Morgan fingerprint density at radius 2 is 0.865 bits per heavy atom. The summed E-state index contributed by atoms with van der Waals surface area (Å²) in [5, 5.41) is 41.1. The minimum atomic E-state index is -1.56. The van der Waals surface area contributed by atoms with E-state index in [4.69, 9.17) is 43.9 Å². The molecule has 111 heavy (non-hydrogen) atoms. The summed E-state index contributed by atoms with van der Waals surface area (Å²) in [6.45, 7) is 7.47. The van der Waals surface area contributed by atoms with Crippen molar-refractivity contribution in [1.29, 1.82) is 0 Å². The van der Waals surface area contributed by atoms with E-state index < -0.39 is 90.4 Å². The molecule has 21 N–H and O–H groups in total. The van der Waals surface area contributed by atoms with Crippen molar-refractivity contribution in [2.24, 2.45) is 28.7 Å². The maximum Gasteiger partial charge on any atom is 0.306 e. The molecule has 29 nitrogen and oxygen atoms in total. The SMILES string of the molecule is CCCCCCCCCCCCCCCC(=O)OC[C@H](CSC[C@H](N)C(=O)N[C@@H](CO)C(=O)N[C@@H](CCCCN)C(=O)N[C@@H](CCCCN)C(=O)N[C@@H](CCCCN)C(=O)N[C@@H](CCCCN)C(=O)Nc1ccc(Cn2c(O)nc3c(N)nc(NCCCC)nc32)cc1)OC(=O)CCCCCCCCCCCCCCC. The number of amides is 6. The van der Waals surface area contributed by atoms with Crippen molar-refractivity contribution in [2.45, 2.75) is 339 Å². The number of aromatic nitrogens is 4. The van der Waals surface area contributed by atoms with Crippen LogP contribution in [-0.4, -0.2) is 177 Å². The van der Waals surface area contributed by atoms with Crippen molar-refractivity contribution in [2.75, 3.05) is 73.8 Å². The summed E-state index contributed by atoms with van der Waals surface area (Å²) in [6, 6.07) is -1.05. The number of carbonyl (C=O) groups is 8. The lowest BCUT2D eigenvalue weighted by Crippen LogP contribution is -2.60. The highest BCUT2D eigenvalue weighted by molar-refractivity contribution is 7.99. The molecule has 6 amide bonds. The van der Waals surface area contributed by atoms with E-state index in [1.54, 1.807) is 24.3 Å². The van der Waals surface area contributed by atoms with Gasteiger partial charge in [0, 0.05) is 36.6 Å². The van der Waals surface area contributed by atoms with Crippen LogP contribution in [0.15, 0.2) is 24.3 Å². The summed E-state index contributed by atoms with van der Waals surface area (Å²) in [5.74, 6) is -4.59. The second kappa shape index (κ2) is 62.5. The molecule has 3 aromatic rings. The average molecular weight is 1580 g/mol. The molecule has 1 aromatic carbocycles. The molecule has 0 radical (unpaired) electrons. The van der Waals surface area contributed by atoms with Gasteiger partial charge in [0.1, 0.15) is 42.9 Å². The van der Waals surface area contributed by atoms with Gasteiger partial charge in [0.05, 0.1) is 19.2 Å². The largest absolute Gasteiger partial charge is 0.480 e. The van der Waals surface area contributed by atoms with E-state index in [0.29, 0.717) is 101 Å². The number of thioether (sulfide) groups is 1. The molecule has 0 aliphatic heterocycles. The summed E-state index contributed by atoms with van der Waals surface area (Å²) in [7, 11) is 0. The van der Waals surface area contributed by atoms with Crippen LogP contribution in [0.3, 0.4) is 0 Å². The normalized spacial score (nSPS) is 13.3. The molecule has 0 bridgehead atoms. The third kappa shape index (κ3) is 43.8. The van der Waals surface area contributed by atoms with Gasteiger partial charge in [-0.2, -0.15) is 26.7 Å². The van der Waals surface area contributed by atoms with Gasteiger partial charge in [0.25, 0.3) is 6.01 Å². The predicted molar refractivity (Wildman–Crippen MR) is 444 cm³/mol. The number of rotatable bonds is 70. The monoisotopic (exact) mass is 1580 g/mol. The van der Waals surface area contributed by atoms with Gasteiger partial charge in [-0.25, -0.2) is 0 Å². The summed E-state index contributed by atoms with van der Waals surface area (Å²) in [4.78, 5) is 125. The Kier molecular flexibility index (Phi) is 55.3. The summed E-state index contributed by atoms with van der Waals surface area (Å²) >= 11 is 1.20. The Balaban J connectivity index is 1.68. The standard InChI is InChI=1S/C81H145N17O12S/c1-4-7-10-12-14-16-18-20-22-24-26-28-30-44-69(100)109-57-62(110-70(101)45-31-29-27-25-23-21-19-17-15-13-11-8-5-2)58-111-59-63(86)74(102)94-68(56-99)79(107)93-67(43-35-39-53-85)78(106)92-66(42-34-38-52-84)77(105)91-65(41-33-37-51-83)76(104)90-64(40-32-36-50-82)75(103)89-61-48-46-60(47-49-61)55-98-73-71(95-81(98)108)72(87)96-80(97-73)88-54-9-6-3/h46-49,62-68,99H,4-45,50-59,82-86H2,1-3H3,(H,89,103)(H,90,104)(H,91,105)(H,92,106)(H,93,107)(H,94,102)(H,95,108)(H3,87,88,96,97)/t62-,63+,64+,65+,66+,67+,68+/m1/s1. The van der Waals surface area contributed by atoms with Gasteiger partial charge < -0.3 is 91.3 Å². The number of unbranched alkanes of at least 4 members (excludes halogenated alkanes) is 29. The van der Waals surface area contributed by atoms with Crippen molar-refractivity contribution < 1.29 is 58.0 Å². The van der Waals surface area contributed by atoms with Crippen LogP contribution in [0.25, 0.3) is 11.2 Å².